The van der Waals surface area contributed by atoms with Gasteiger partial charge in [-0.15, -0.1) is 10.2 Å². The molecule has 1 N–H and O–H groups in total. The fourth-order valence-corrected chi connectivity index (χ4v) is 4.05. The molecule has 1 heterocycles. The van der Waals surface area contributed by atoms with Crippen LogP contribution in [0.3, 0.4) is 0 Å². The van der Waals surface area contributed by atoms with Crippen LogP contribution in [0.4, 0.5) is 18.9 Å². The van der Waals surface area contributed by atoms with Crippen LogP contribution in [0.2, 0.25) is 0 Å². The Morgan fingerprint density at radius 1 is 0.879 bits per heavy atom. The number of carbonyl (C=O) groups is 1. The molecule has 0 aliphatic carbocycles. The number of anilines is 1. The number of halogens is 3. The molecule has 9 heteroatoms. The van der Waals surface area contributed by atoms with Gasteiger partial charge in [-0.25, -0.2) is 0 Å². The molecule has 1 amide bonds. The number of benzene rings is 3. The lowest BCUT2D eigenvalue weighted by Gasteiger charge is -2.13. The fourth-order valence-electron chi connectivity index (χ4n) is 3.28. The third-order valence-corrected chi connectivity index (χ3v) is 5.69. The Morgan fingerprint density at radius 2 is 1.52 bits per heavy atom. The molecule has 0 bridgehead atoms. The number of alkyl halides is 3. The molecule has 4 aromatic rings. The number of hydrogen-bond acceptors (Lipinski definition) is 4. The molecule has 33 heavy (non-hydrogen) atoms. The summed E-state index contributed by atoms with van der Waals surface area (Å²) in [4.78, 5) is 12.5. The van der Waals surface area contributed by atoms with E-state index in [2.05, 4.69) is 15.5 Å². The lowest BCUT2D eigenvalue weighted by atomic mass is 10.1. The normalized spacial score (nSPS) is 11.4. The number of nitrogens with one attached hydrogen (secondary N) is 1. The van der Waals surface area contributed by atoms with Gasteiger partial charge in [0.2, 0.25) is 5.91 Å². The highest BCUT2D eigenvalue weighted by atomic mass is 32.2. The Labute approximate surface area is 192 Å². The van der Waals surface area contributed by atoms with E-state index in [1.165, 1.54) is 18.2 Å². The van der Waals surface area contributed by atoms with Crippen LogP contribution >= 0.6 is 11.8 Å². The van der Waals surface area contributed by atoms with Gasteiger partial charge in [0.1, 0.15) is 5.82 Å². The Balaban J connectivity index is 1.53. The van der Waals surface area contributed by atoms with Crippen molar-refractivity contribution in [3.63, 3.8) is 0 Å². The van der Waals surface area contributed by atoms with E-state index in [1.807, 2.05) is 65.2 Å². The van der Waals surface area contributed by atoms with Gasteiger partial charge >= 0.3 is 6.18 Å². The molecular formula is C24H19F3N4OS. The second-order valence-electron chi connectivity index (χ2n) is 7.11. The van der Waals surface area contributed by atoms with Crippen LogP contribution in [-0.2, 0) is 17.4 Å². The number of hydrogen-bond donors (Lipinski definition) is 1. The maximum absolute atomic E-state index is 13.2. The minimum Gasteiger partial charge on any atom is -0.325 e. The standard InChI is InChI=1S/C24H19F3N4OS/c25-24(26,27)19-13-7-8-14-20(19)28-22(32)16-33-23-30-29-21(15-17-9-3-1-4-10-17)31(23)18-11-5-2-6-12-18/h1-14H,15-16H2,(H,28,32). The van der Waals surface area contributed by atoms with Crippen molar-refractivity contribution in [1.29, 1.82) is 0 Å². The first-order chi connectivity index (χ1) is 15.9. The molecule has 1 aromatic heterocycles. The van der Waals surface area contributed by atoms with Crippen molar-refractivity contribution < 1.29 is 18.0 Å². The largest absolute Gasteiger partial charge is 0.418 e. The first-order valence-corrected chi connectivity index (χ1v) is 11.0. The first-order valence-electron chi connectivity index (χ1n) is 10.0. The van der Waals surface area contributed by atoms with Crippen molar-refractivity contribution in [3.8, 4) is 5.69 Å². The Kier molecular flexibility index (Phi) is 6.79. The Bertz CT molecular complexity index is 1230. The van der Waals surface area contributed by atoms with Crippen LogP contribution < -0.4 is 5.32 Å². The van der Waals surface area contributed by atoms with Gasteiger partial charge in [0.25, 0.3) is 0 Å². The van der Waals surface area contributed by atoms with Gasteiger partial charge in [-0.05, 0) is 29.8 Å². The maximum Gasteiger partial charge on any atom is 0.418 e. The van der Waals surface area contributed by atoms with Gasteiger partial charge in [0, 0.05) is 12.1 Å². The van der Waals surface area contributed by atoms with Crippen molar-refractivity contribution in [3.05, 3.63) is 102 Å². The summed E-state index contributed by atoms with van der Waals surface area (Å²) >= 11 is 1.11. The molecule has 0 spiro atoms. The number of amides is 1. The Morgan fingerprint density at radius 3 is 2.21 bits per heavy atom. The zero-order chi connectivity index (χ0) is 23.3. The number of rotatable bonds is 7. The van der Waals surface area contributed by atoms with E-state index in [0.29, 0.717) is 17.4 Å². The van der Waals surface area contributed by atoms with Crippen molar-refractivity contribution >= 4 is 23.4 Å². The minimum absolute atomic E-state index is 0.123. The summed E-state index contributed by atoms with van der Waals surface area (Å²) in [5, 5.41) is 11.4. The molecule has 3 aromatic carbocycles. The second kappa shape index (κ2) is 9.91. The smallest absolute Gasteiger partial charge is 0.325 e. The summed E-state index contributed by atoms with van der Waals surface area (Å²) in [7, 11) is 0. The van der Waals surface area contributed by atoms with Crippen LogP contribution in [0.25, 0.3) is 5.69 Å². The highest BCUT2D eigenvalue weighted by molar-refractivity contribution is 7.99. The summed E-state index contributed by atoms with van der Waals surface area (Å²) in [6, 6.07) is 24.2. The van der Waals surface area contributed by atoms with E-state index in [9.17, 15) is 18.0 Å². The summed E-state index contributed by atoms with van der Waals surface area (Å²) in [5.74, 6) is 0.00400. The lowest BCUT2D eigenvalue weighted by Crippen LogP contribution is -2.18. The predicted molar refractivity (Wildman–Crippen MR) is 121 cm³/mol. The minimum atomic E-state index is -4.56. The summed E-state index contributed by atoms with van der Waals surface area (Å²) in [5.41, 5.74) is 0.727. The molecule has 0 saturated carbocycles. The van der Waals surface area contributed by atoms with E-state index in [0.717, 1.165) is 29.1 Å². The van der Waals surface area contributed by atoms with Crippen LogP contribution in [-0.4, -0.2) is 26.4 Å². The lowest BCUT2D eigenvalue weighted by molar-refractivity contribution is -0.137. The van der Waals surface area contributed by atoms with E-state index in [4.69, 9.17) is 0 Å². The first kappa shape index (κ1) is 22.6. The van der Waals surface area contributed by atoms with Gasteiger partial charge in [0.05, 0.1) is 17.0 Å². The van der Waals surface area contributed by atoms with Crippen molar-refractivity contribution in [2.75, 3.05) is 11.1 Å². The van der Waals surface area contributed by atoms with Crippen LogP contribution in [0.5, 0.6) is 0 Å². The molecule has 0 aliphatic heterocycles. The third kappa shape index (κ3) is 5.61. The average Bonchev–Trinajstić information content (AvgIpc) is 3.21. The second-order valence-corrected chi connectivity index (χ2v) is 8.05. The molecule has 0 atom stereocenters. The summed E-state index contributed by atoms with van der Waals surface area (Å²) in [6.07, 6.45) is -4.02. The van der Waals surface area contributed by atoms with Crippen molar-refractivity contribution in [2.24, 2.45) is 0 Å². The van der Waals surface area contributed by atoms with Gasteiger partial charge in [0.15, 0.2) is 5.16 Å². The topological polar surface area (TPSA) is 59.8 Å². The number of para-hydroxylation sites is 2. The zero-order valence-corrected chi connectivity index (χ0v) is 18.1. The molecule has 0 aliphatic rings. The molecule has 0 fully saturated rings. The highest BCUT2D eigenvalue weighted by Gasteiger charge is 2.33. The molecule has 5 nitrogen and oxygen atoms in total. The van der Waals surface area contributed by atoms with Crippen molar-refractivity contribution in [1.82, 2.24) is 14.8 Å². The Hall–Kier alpha value is -3.59. The van der Waals surface area contributed by atoms with E-state index >= 15 is 0 Å². The van der Waals surface area contributed by atoms with Gasteiger partial charge < -0.3 is 5.32 Å². The van der Waals surface area contributed by atoms with E-state index in [-0.39, 0.29) is 11.4 Å². The van der Waals surface area contributed by atoms with Crippen LogP contribution in [0.15, 0.2) is 90.1 Å². The zero-order valence-electron chi connectivity index (χ0n) is 17.3. The maximum atomic E-state index is 13.2. The van der Waals surface area contributed by atoms with Crippen LogP contribution in [0, 0.1) is 0 Å². The quantitative estimate of drug-likeness (QED) is 0.358. The summed E-state index contributed by atoms with van der Waals surface area (Å²) in [6.45, 7) is 0. The molecule has 0 radical (unpaired) electrons. The number of aromatic nitrogens is 3. The SMILES string of the molecule is O=C(CSc1nnc(Cc2ccccc2)n1-c1ccccc1)Nc1ccccc1C(F)(F)F. The molecular weight excluding hydrogens is 449 g/mol. The monoisotopic (exact) mass is 468 g/mol. The third-order valence-electron chi connectivity index (χ3n) is 4.76. The predicted octanol–water partition coefficient (Wildman–Crippen LogP) is 5.61. The molecule has 0 saturated heterocycles. The molecule has 4 rings (SSSR count). The average molecular weight is 469 g/mol. The highest BCUT2D eigenvalue weighted by Crippen LogP contribution is 2.34. The van der Waals surface area contributed by atoms with Gasteiger partial charge in [-0.1, -0.05) is 72.4 Å². The molecule has 0 unspecified atom stereocenters. The van der Waals surface area contributed by atoms with E-state index < -0.39 is 17.6 Å². The number of thioether (sulfide) groups is 1. The van der Waals surface area contributed by atoms with Crippen molar-refractivity contribution in [2.45, 2.75) is 17.8 Å². The van der Waals surface area contributed by atoms with Gasteiger partial charge in [-0.2, -0.15) is 13.2 Å². The molecule has 168 valence electrons. The number of nitrogens with zero attached hydrogens (tertiary/aromatic N) is 3. The van der Waals surface area contributed by atoms with Gasteiger partial charge in [-0.3, -0.25) is 9.36 Å². The van der Waals surface area contributed by atoms with Crippen LogP contribution in [0.1, 0.15) is 17.0 Å². The summed E-state index contributed by atoms with van der Waals surface area (Å²) < 4.78 is 41.4. The van der Waals surface area contributed by atoms with E-state index in [1.54, 1.807) is 0 Å². The number of carbonyl (C=O) groups excluding carboxylic acids is 1. The fraction of sp³-hybridized carbons (Fsp3) is 0.125.